The smallest absolute Gasteiger partial charge is 0.408 e. The van der Waals surface area contributed by atoms with Gasteiger partial charge in [-0.25, -0.2) is 4.79 Å². The lowest BCUT2D eigenvalue weighted by molar-refractivity contribution is -0.124. The van der Waals surface area contributed by atoms with E-state index in [4.69, 9.17) is 9.47 Å². The number of carbonyl (C=O) groups is 2. The van der Waals surface area contributed by atoms with E-state index in [1.807, 2.05) is 24.3 Å². The molecule has 5 heteroatoms. The van der Waals surface area contributed by atoms with Crippen LogP contribution in [0, 0.1) is 0 Å². The highest BCUT2D eigenvalue weighted by atomic mass is 16.6. The summed E-state index contributed by atoms with van der Waals surface area (Å²) >= 11 is 0. The number of Topliss-reactive ketones (excluding diaryl/α,β-unsaturated/α-hetero) is 1. The van der Waals surface area contributed by atoms with Gasteiger partial charge in [0.1, 0.15) is 5.75 Å². The van der Waals surface area contributed by atoms with E-state index in [1.165, 1.54) is 6.92 Å². The third-order valence-electron chi connectivity index (χ3n) is 2.92. The van der Waals surface area contributed by atoms with Crippen LogP contribution in [-0.4, -0.2) is 31.1 Å². The largest absolute Gasteiger partial charge is 0.497 e. The van der Waals surface area contributed by atoms with Gasteiger partial charge in [0, 0.05) is 0 Å². The average Bonchev–Trinajstić information content (AvgIpc) is 2.71. The minimum atomic E-state index is -0.695. The Bertz CT molecular complexity index is 455. The fraction of sp³-hybridized carbons (Fsp3) is 0.385. The van der Waals surface area contributed by atoms with Gasteiger partial charge >= 0.3 is 6.09 Å². The first-order valence-corrected chi connectivity index (χ1v) is 5.70. The third-order valence-corrected chi connectivity index (χ3v) is 2.92. The second-order valence-electron chi connectivity index (χ2n) is 4.24. The van der Waals surface area contributed by atoms with Gasteiger partial charge in [-0.3, -0.25) is 4.79 Å². The molecule has 0 bridgehead atoms. The molecule has 18 heavy (non-hydrogen) atoms. The van der Waals surface area contributed by atoms with Crippen molar-refractivity contribution < 1.29 is 19.1 Å². The molecular weight excluding hydrogens is 234 g/mol. The molecule has 1 aromatic rings. The van der Waals surface area contributed by atoms with Crippen LogP contribution in [0.15, 0.2) is 24.3 Å². The van der Waals surface area contributed by atoms with E-state index in [1.54, 1.807) is 7.11 Å². The molecule has 2 rings (SSSR count). The maximum Gasteiger partial charge on any atom is 0.408 e. The fourth-order valence-corrected chi connectivity index (χ4v) is 2.00. The molecule has 96 valence electrons. The highest BCUT2D eigenvalue weighted by Gasteiger charge is 2.37. The zero-order valence-corrected chi connectivity index (χ0v) is 10.3. The van der Waals surface area contributed by atoms with Crippen molar-refractivity contribution in [1.29, 1.82) is 0 Å². The SMILES string of the molecule is COc1ccc(C[C@H]2NC(=O)O[C@@H]2C(C)=O)cc1. The Hall–Kier alpha value is -2.04. The molecular formula is C13H15NO4. The fourth-order valence-electron chi connectivity index (χ4n) is 2.00. The summed E-state index contributed by atoms with van der Waals surface area (Å²) < 4.78 is 10.00. The number of amides is 1. The van der Waals surface area contributed by atoms with E-state index in [-0.39, 0.29) is 11.8 Å². The average molecular weight is 249 g/mol. The Kier molecular flexibility index (Phi) is 3.50. The van der Waals surface area contributed by atoms with Crippen LogP contribution in [0.1, 0.15) is 12.5 Å². The number of cyclic esters (lactones) is 1. The third kappa shape index (κ3) is 2.61. The summed E-state index contributed by atoms with van der Waals surface area (Å²) in [5.74, 6) is 0.625. The quantitative estimate of drug-likeness (QED) is 0.873. The number of ether oxygens (including phenoxy) is 2. The van der Waals surface area contributed by atoms with Crippen LogP contribution >= 0.6 is 0 Å². The molecule has 1 N–H and O–H groups in total. The monoisotopic (exact) mass is 249 g/mol. The summed E-state index contributed by atoms with van der Waals surface area (Å²) in [5, 5.41) is 2.65. The summed E-state index contributed by atoms with van der Waals surface area (Å²) in [6.07, 6.45) is -0.673. The summed E-state index contributed by atoms with van der Waals surface area (Å²) in [7, 11) is 1.60. The summed E-state index contributed by atoms with van der Waals surface area (Å²) in [5.41, 5.74) is 1.01. The van der Waals surface area contributed by atoms with Crippen molar-refractivity contribution in [2.75, 3.05) is 7.11 Å². The van der Waals surface area contributed by atoms with Gasteiger partial charge in [0.15, 0.2) is 11.9 Å². The van der Waals surface area contributed by atoms with Crippen LogP contribution in [0.2, 0.25) is 0 Å². The number of nitrogens with one attached hydrogen (secondary N) is 1. The lowest BCUT2D eigenvalue weighted by Gasteiger charge is -2.14. The Morgan fingerprint density at radius 2 is 2.06 bits per heavy atom. The second kappa shape index (κ2) is 5.08. The lowest BCUT2D eigenvalue weighted by Crippen LogP contribution is -2.37. The van der Waals surface area contributed by atoms with Crippen molar-refractivity contribution in [2.45, 2.75) is 25.5 Å². The Morgan fingerprint density at radius 1 is 1.39 bits per heavy atom. The summed E-state index contributed by atoms with van der Waals surface area (Å²) in [6, 6.07) is 7.19. The number of methoxy groups -OCH3 is 1. The van der Waals surface area contributed by atoms with Crippen LogP contribution in [-0.2, 0) is 16.0 Å². The van der Waals surface area contributed by atoms with Crippen LogP contribution in [0.3, 0.4) is 0 Å². The van der Waals surface area contributed by atoms with Gasteiger partial charge in [0.25, 0.3) is 0 Å². The normalized spacial score (nSPS) is 22.2. The molecule has 0 unspecified atom stereocenters. The first-order valence-electron chi connectivity index (χ1n) is 5.70. The number of rotatable bonds is 4. The van der Waals surface area contributed by atoms with E-state index in [0.29, 0.717) is 6.42 Å². The van der Waals surface area contributed by atoms with Gasteiger partial charge in [-0.2, -0.15) is 0 Å². The number of ketones is 1. The molecule has 1 fully saturated rings. The zero-order valence-electron chi connectivity index (χ0n) is 10.3. The van der Waals surface area contributed by atoms with E-state index in [2.05, 4.69) is 5.32 Å². The first-order chi connectivity index (χ1) is 8.60. The van der Waals surface area contributed by atoms with Gasteiger partial charge in [0.2, 0.25) is 0 Å². The Labute approximate surface area is 105 Å². The molecule has 0 spiro atoms. The molecule has 0 aromatic heterocycles. The maximum absolute atomic E-state index is 11.4. The summed E-state index contributed by atoms with van der Waals surface area (Å²) in [4.78, 5) is 22.5. The molecule has 1 heterocycles. The van der Waals surface area contributed by atoms with E-state index >= 15 is 0 Å². The molecule has 0 radical (unpaired) electrons. The summed E-state index contributed by atoms with van der Waals surface area (Å²) in [6.45, 7) is 1.42. The highest BCUT2D eigenvalue weighted by Crippen LogP contribution is 2.17. The highest BCUT2D eigenvalue weighted by molar-refractivity contribution is 5.87. The molecule has 5 nitrogen and oxygen atoms in total. The van der Waals surface area contributed by atoms with Gasteiger partial charge in [-0.05, 0) is 31.0 Å². The van der Waals surface area contributed by atoms with Crippen molar-refractivity contribution in [3.05, 3.63) is 29.8 Å². The van der Waals surface area contributed by atoms with Crippen LogP contribution in [0.4, 0.5) is 4.79 Å². The van der Waals surface area contributed by atoms with E-state index < -0.39 is 12.2 Å². The van der Waals surface area contributed by atoms with E-state index in [9.17, 15) is 9.59 Å². The molecule has 1 aliphatic rings. The zero-order chi connectivity index (χ0) is 13.1. The number of carbonyl (C=O) groups excluding carboxylic acids is 2. The minimum absolute atomic E-state index is 0.146. The molecule has 0 aliphatic carbocycles. The van der Waals surface area contributed by atoms with Crippen LogP contribution in [0.25, 0.3) is 0 Å². The topological polar surface area (TPSA) is 64.6 Å². The number of alkyl carbamates (subject to hydrolysis) is 1. The molecule has 1 amide bonds. The van der Waals surface area contributed by atoms with Crippen molar-refractivity contribution in [3.8, 4) is 5.75 Å². The standard InChI is InChI=1S/C13H15NO4/c1-8(15)12-11(14-13(16)18-12)7-9-3-5-10(17-2)6-4-9/h3-6,11-12H,7H2,1-2H3,(H,14,16)/t11-,12-/m1/s1. The molecule has 0 saturated carbocycles. The van der Waals surface area contributed by atoms with Gasteiger partial charge < -0.3 is 14.8 Å². The lowest BCUT2D eigenvalue weighted by atomic mass is 10.00. The Morgan fingerprint density at radius 3 is 2.61 bits per heavy atom. The van der Waals surface area contributed by atoms with Crippen molar-refractivity contribution in [1.82, 2.24) is 5.32 Å². The number of benzene rings is 1. The van der Waals surface area contributed by atoms with Crippen molar-refractivity contribution in [2.24, 2.45) is 0 Å². The van der Waals surface area contributed by atoms with Gasteiger partial charge in [0.05, 0.1) is 13.2 Å². The van der Waals surface area contributed by atoms with E-state index in [0.717, 1.165) is 11.3 Å². The molecule has 1 saturated heterocycles. The van der Waals surface area contributed by atoms with Crippen molar-refractivity contribution >= 4 is 11.9 Å². The maximum atomic E-state index is 11.4. The van der Waals surface area contributed by atoms with Crippen LogP contribution in [0.5, 0.6) is 5.75 Å². The number of hydrogen-bond donors (Lipinski definition) is 1. The molecule has 1 aromatic carbocycles. The van der Waals surface area contributed by atoms with Crippen LogP contribution < -0.4 is 10.1 Å². The minimum Gasteiger partial charge on any atom is -0.497 e. The predicted octanol–water partition coefficient (Wildman–Crippen LogP) is 1.30. The molecule has 2 atom stereocenters. The van der Waals surface area contributed by atoms with Crippen molar-refractivity contribution in [3.63, 3.8) is 0 Å². The van der Waals surface area contributed by atoms with Gasteiger partial charge in [-0.15, -0.1) is 0 Å². The first kappa shape index (κ1) is 12.4. The molecule has 1 aliphatic heterocycles. The van der Waals surface area contributed by atoms with Gasteiger partial charge in [-0.1, -0.05) is 12.1 Å². The second-order valence-corrected chi connectivity index (χ2v) is 4.24. The Balaban J connectivity index is 2.07. The number of hydrogen-bond acceptors (Lipinski definition) is 4. The predicted molar refractivity (Wildman–Crippen MR) is 64.6 cm³/mol.